The van der Waals surface area contributed by atoms with Gasteiger partial charge in [0, 0.05) is 5.56 Å². The first-order valence-corrected chi connectivity index (χ1v) is 7.41. The molecule has 2 amide bonds. The molecular weight excluding hydrogens is 290 g/mol. The minimum absolute atomic E-state index is 0.0199. The van der Waals surface area contributed by atoms with Crippen molar-refractivity contribution in [3.8, 4) is 0 Å². The number of benzene rings is 1. The molecule has 6 heteroatoms. The molecule has 2 N–H and O–H groups in total. The minimum Gasteiger partial charge on any atom is -0.354 e. The molecule has 5 nitrogen and oxygen atoms in total. The van der Waals surface area contributed by atoms with Gasteiger partial charge in [0.15, 0.2) is 0 Å². The number of piperazine rings is 1. The highest BCUT2D eigenvalue weighted by molar-refractivity contribution is 6.47. The van der Waals surface area contributed by atoms with Crippen LogP contribution in [0.2, 0.25) is 0 Å². The number of carbonyl (C=O) groups is 2. The van der Waals surface area contributed by atoms with Crippen LogP contribution in [-0.4, -0.2) is 42.9 Å². The van der Waals surface area contributed by atoms with Crippen LogP contribution in [0.15, 0.2) is 41.1 Å². The number of carbonyl (C=O) groups excluding carboxylic acids is 2. The quantitative estimate of drug-likeness (QED) is 0.740. The Hall–Kier alpha value is -1.85. The Labute approximate surface area is 128 Å². The lowest BCUT2D eigenvalue weighted by Gasteiger charge is -2.33. The van der Waals surface area contributed by atoms with Gasteiger partial charge in [-0.15, -0.1) is 0 Å². The molecule has 21 heavy (non-hydrogen) atoms. The van der Waals surface area contributed by atoms with Crippen LogP contribution < -0.4 is 10.2 Å². The maximum absolute atomic E-state index is 11.7. The average Bonchev–Trinajstić information content (AvgIpc) is 2.74. The Bertz CT molecular complexity index is 592. The van der Waals surface area contributed by atoms with Crippen LogP contribution in [0.3, 0.4) is 0 Å². The second kappa shape index (κ2) is 5.87. The zero-order valence-corrected chi connectivity index (χ0v) is 12.3. The highest BCUT2D eigenvalue weighted by Crippen LogP contribution is 2.20. The Morgan fingerprint density at radius 1 is 1.10 bits per heavy atom. The Balaban J connectivity index is 1.61. The number of hydrogen-bond donors (Lipinski definition) is 2. The van der Waals surface area contributed by atoms with Crippen LogP contribution in [0.25, 0.3) is 0 Å². The highest BCUT2D eigenvalue weighted by atomic mass is 35.5. The smallest absolute Gasteiger partial charge is 0.276 e. The predicted octanol–water partition coefficient (Wildman–Crippen LogP) is -0.506. The van der Waals surface area contributed by atoms with Gasteiger partial charge in [-0.2, -0.15) is 0 Å². The Morgan fingerprint density at radius 2 is 1.76 bits per heavy atom. The number of quaternary nitrogens is 1. The van der Waals surface area contributed by atoms with Crippen LogP contribution in [0.1, 0.15) is 5.56 Å². The topological polar surface area (TPSA) is 53.9 Å². The second-order valence-corrected chi connectivity index (χ2v) is 5.72. The van der Waals surface area contributed by atoms with Gasteiger partial charge in [0.05, 0.1) is 26.2 Å². The van der Waals surface area contributed by atoms with E-state index in [0.29, 0.717) is 5.70 Å². The lowest BCUT2D eigenvalue weighted by atomic mass is 10.2. The van der Waals surface area contributed by atoms with E-state index in [4.69, 9.17) is 11.6 Å². The molecule has 2 heterocycles. The molecule has 0 aliphatic carbocycles. The summed E-state index contributed by atoms with van der Waals surface area (Å²) in [7, 11) is 0. The molecule has 3 rings (SSSR count). The monoisotopic (exact) mass is 306 g/mol. The van der Waals surface area contributed by atoms with Crippen LogP contribution >= 0.6 is 11.6 Å². The van der Waals surface area contributed by atoms with E-state index in [0.717, 1.165) is 32.7 Å². The SMILES string of the molecule is O=C1NC(=O)C(N2CC[NH+](Cc3ccccc3)CC2)=C1Cl. The number of amides is 2. The molecule has 0 aromatic heterocycles. The third-order valence-electron chi connectivity index (χ3n) is 3.93. The molecule has 1 fully saturated rings. The third kappa shape index (κ3) is 2.94. The molecular formula is C15H17ClN3O2+. The largest absolute Gasteiger partial charge is 0.354 e. The van der Waals surface area contributed by atoms with Crippen molar-refractivity contribution in [2.75, 3.05) is 26.2 Å². The standard InChI is InChI=1S/C15H16ClN3O2/c16-12-13(15(21)17-14(12)20)19-8-6-18(7-9-19)10-11-4-2-1-3-5-11/h1-5H,6-10H2,(H,17,20,21)/p+1. The Kier molecular flexibility index (Phi) is 3.94. The summed E-state index contributed by atoms with van der Waals surface area (Å²) in [5.41, 5.74) is 1.65. The summed E-state index contributed by atoms with van der Waals surface area (Å²) in [6.07, 6.45) is 0. The fraction of sp³-hybridized carbons (Fsp3) is 0.333. The molecule has 2 aliphatic rings. The zero-order valence-electron chi connectivity index (χ0n) is 11.6. The van der Waals surface area contributed by atoms with Gasteiger partial charge in [-0.05, 0) is 0 Å². The molecule has 2 aliphatic heterocycles. The van der Waals surface area contributed by atoms with Crippen molar-refractivity contribution in [3.05, 3.63) is 46.6 Å². The summed E-state index contributed by atoms with van der Waals surface area (Å²) < 4.78 is 0. The number of nitrogens with one attached hydrogen (secondary N) is 2. The van der Waals surface area contributed by atoms with Gasteiger partial charge in [-0.1, -0.05) is 41.9 Å². The maximum Gasteiger partial charge on any atom is 0.276 e. The van der Waals surface area contributed by atoms with E-state index < -0.39 is 5.91 Å². The van der Waals surface area contributed by atoms with E-state index >= 15 is 0 Å². The van der Waals surface area contributed by atoms with E-state index in [1.54, 1.807) is 0 Å². The van der Waals surface area contributed by atoms with Gasteiger partial charge in [0.2, 0.25) is 0 Å². The molecule has 1 aromatic carbocycles. The molecule has 0 unspecified atom stereocenters. The van der Waals surface area contributed by atoms with Crippen molar-refractivity contribution in [3.63, 3.8) is 0 Å². The summed E-state index contributed by atoms with van der Waals surface area (Å²) in [4.78, 5) is 26.5. The first-order valence-electron chi connectivity index (χ1n) is 7.03. The predicted molar refractivity (Wildman–Crippen MR) is 78.4 cm³/mol. The fourth-order valence-corrected chi connectivity index (χ4v) is 3.07. The van der Waals surface area contributed by atoms with E-state index in [-0.39, 0.29) is 10.9 Å². The third-order valence-corrected chi connectivity index (χ3v) is 4.28. The van der Waals surface area contributed by atoms with E-state index in [1.165, 1.54) is 10.5 Å². The number of imide groups is 1. The van der Waals surface area contributed by atoms with E-state index in [9.17, 15) is 9.59 Å². The summed E-state index contributed by atoms with van der Waals surface area (Å²) >= 11 is 5.92. The summed E-state index contributed by atoms with van der Waals surface area (Å²) in [6, 6.07) is 10.4. The van der Waals surface area contributed by atoms with Crippen molar-refractivity contribution in [1.29, 1.82) is 0 Å². The molecule has 0 bridgehead atoms. The van der Waals surface area contributed by atoms with Crippen LogP contribution in [0, 0.1) is 0 Å². The van der Waals surface area contributed by atoms with Crippen LogP contribution in [0.5, 0.6) is 0 Å². The summed E-state index contributed by atoms with van der Waals surface area (Å²) in [5.74, 6) is -0.868. The van der Waals surface area contributed by atoms with Crippen LogP contribution in [-0.2, 0) is 16.1 Å². The molecule has 0 saturated carbocycles. The zero-order chi connectivity index (χ0) is 14.8. The number of nitrogens with zero attached hydrogens (tertiary/aromatic N) is 1. The van der Waals surface area contributed by atoms with Crippen molar-refractivity contribution >= 4 is 23.4 Å². The van der Waals surface area contributed by atoms with Gasteiger partial charge in [0.1, 0.15) is 17.3 Å². The molecule has 0 radical (unpaired) electrons. The second-order valence-electron chi connectivity index (χ2n) is 5.35. The highest BCUT2D eigenvalue weighted by Gasteiger charge is 2.35. The normalized spacial score (nSPS) is 20.1. The molecule has 0 atom stereocenters. The maximum atomic E-state index is 11.7. The minimum atomic E-state index is -0.490. The summed E-state index contributed by atoms with van der Waals surface area (Å²) in [6.45, 7) is 4.28. The van der Waals surface area contributed by atoms with Crippen molar-refractivity contribution in [1.82, 2.24) is 10.2 Å². The van der Waals surface area contributed by atoms with E-state index in [2.05, 4.69) is 17.4 Å². The first kappa shape index (κ1) is 14.1. The number of halogens is 1. The summed E-state index contributed by atoms with van der Waals surface area (Å²) in [5, 5.41) is 2.25. The molecule has 0 spiro atoms. The first-order chi connectivity index (χ1) is 10.1. The molecule has 110 valence electrons. The van der Waals surface area contributed by atoms with E-state index in [1.807, 2.05) is 23.1 Å². The lowest BCUT2D eigenvalue weighted by Crippen LogP contribution is -3.13. The van der Waals surface area contributed by atoms with Crippen molar-refractivity contribution in [2.45, 2.75) is 6.54 Å². The number of hydrogen-bond acceptors (Lipinski definition) is 3. The van der Waals surface area contributed by atoms with Gasteiger partial charge < -0.3 is 9.80 Å². The van der Waals surface area contributed by atoms with Gasteiger partial charge in [0.25, 0.3) is 11.8 Å². The van der Waals surface area contributed by atoms with Gasteiger partial charge >= 0.3 is 0 Å². The fourth-order valence-electron chi connectivity index (χ4n) is 2.81. The lowest BCUT2D eigenvalue weighted by molar-refractivity contribution is -0.917. The average molecular weight is 307 g/mol. The van der Waals surface area contributed by atoms with Crippen LogP contribution in [0.4, 0.5) is 0 Å². The Morgan fingerprint density at radius 3 is 2.33 bits per heavy atom. The van der Waals surface area contributed by atoms with Crippen molar-refractivity contribution < 1.29 is 14.5 Å². The molecule has 1 saturated heterocycles. The van der Waals surface area contributed by atoms with Gasteiger partial charge in [-0.25, -0.2) is 0 Å². The number of rotatable bonds is 3. The van der Waals surface area contributed by atoms with Gasteiger partial charge in [-0.3, -0.25) is 14.9 Å². The molecule has 1 aromatic rings. The van der Waals surface area contributed by atoms with Crippen molar-refractivity contribution in [2.24, 2.45) is 0 Å².